The summed E-state index contributed by atoms with van der Waals surface area (Å²) < 4.78 is 5.40. The van der Waals surface area contributed by atoms with Crippen molar-refractivity contribution in [1.82, 2.24) is 15.6 Å². The number of carbonyl (C=O) groups is 1. The molecular weight excluding hydrogens is 302 g/mol. The van der Waals surface area contributed by atoms with E-state index in [1.54, 1.807) is 7.11 Å². The van der Waals surface area contributed by atoms with Gasteiger partial charge < -0.3 is 20.4 Å². The maximum atomic E-state index is 12.5. The van der Waals surface area contributed by atoms with Gasteiger partial charge >= 0.3 is 0 Å². The lowest BCUT2D eigenvalue weighted by Gasteiger charge is -2.37. The van der Waals surface area contributed by atoms with Gasteiger partial charge in [0.15, 0.2) is 0 Å². The number of piperidine rings is 1. The van der Waals surface area contributed by atoms with Gasteiger partial charge in [0.05, 0.1) is 6.61 Å². The first-order valence-corrected chi connectivity index (χ1v) is 8.45. The standard InChI is InChI=1S/C19H25N3O2/c1-24-14-19(9-11-20-12-10-19)13-21-18(23)17-8-7-16(22-17)15-5-3-2-4-6-15/h2-8,20,22H,9-14H2,1H3,(H,21,23). The highest BCUT2D eigenvalue weighted by atomic mass is 16.5. The molecule has 1 aromatic carbocycles. The van der Waals surface area contributed by atoms with Crippen molar-refractivity contribution < 1.29 is 9.53 Å². The number of aromatic amines is 1. The number of methoxy groups -OCH3 is 1. The zero-order valence-corrected chi connectivity index (χ0v) is 14.1. The molecule has 1 aromatic heterocycles. The minimum absolute atomic E-state index is 0.0323. The molecule has 1 amide bonds. The summed E-state index contributed by atoms with van der Waals surface area (Å²) in [5, 5.41) is 6.45. The summed E-state index contributed by atoms with van der Waals surface area (Å²) in [4.78, 5) is 15.7. The second kappa shape index (κ2) is 7.64. The van der Waals surface area contributed by atoms with Crippen molar-refractivity contribution in [2.45, 2.75) is 12.8 Å². The Kier molecular flexibility index (Phi) is 5.33. The summed E-state index contributed by atoms with van der Waals surface area (Å²) >= 11 is 0. The smallest absolute Gasteiger partial charge is 0.267 e. The molecule has 3 rings (SSSR count). The van der Waals surface area contributed by atoms with E-state index >= 15 is 0 Å². The number of hydrogen-bond donors (Lipinski definition) is 3. The van der Waals surface area contributed by atoms with E-state index in [0.717, 1.165) is 37.2 Å². The van der Waals surface area contributed by atoms with E-state index in [1.807, 2.05) is 42.5 Å². The number of carbonyl (C=O) groups excluding carboxylic acids is 1. The van der Waals surface area contributed by atoms with Crippen molar-refractivity contribution in [2.24, 2.45) is 5.41 Å². The van der Waals surface area contributed by atoms with Crippen LogP contribution in [0, 0.1) is 5.41 Å². The van der Waals surface area contributed by atoms with Gasteiger partial charge in [0.1, 0.15) is 5.69 Å². The van der Waals surface area contributed by atoms with Gasteiger partial charge in [0, 0.05) is 24.8 Å². The van der Waals surface area contributed by atoms with Gasteiger partial charge in [-0.15, -0.1) is 0 Å². The third kappa shape index (κ3) is 3.86. The molecule has 0 bridgehead atoms. The normalized spacial score (nSPS) is 16.7. The molecule has 0 spiro atoms. The first-order chi connectivity index (χ1) is 11.7. The number of ether oxygens (including phenoxy) is 1. The summed E-state index contributed by atoms with van der Waals surface area (Å²) in [5.74, 6) is -0.0637. The molecular formula is C19H25N3O2. The van der Waals surface area contributed by atoms with Gasteiger partial charge in [-0.25, -0.2) is 0 Å². The van der Waals surface area contributed by atoms with Crippen LogP contribution in [0.5, 0.6) is 0 Å². The van der Waals surface area contributed by atoms with Crippen LogP contribution in [0.1, 0.15) is 23.3 Å². The third-order valence-corrected chi connectivity index (χ3v) is 4.75. The van der Waals surface area contributed by atoms with Gasteiger partial charge in [-0.2, -0.15) is 0 Å². The van der Waals surface area contributed by atoms with Crippen molar-refractivity contribution in [3.8, 4) is 11.3 Å². The van der Waals surface area contributed by atoms with E-state index in [-0.39, 0.29) is 11.3 Å². The lowest BCUT2D eigenvalue weighted by atomic mass is 9.79. The highest BCUT2D eigenvalue weighted by Gasteiger charge is 2.32. The summed E-state index contributed by atoms with van der Waals surface area (Å²) in [6, 6.07) is 13.8. The van der Waals surface area contributed by atoms with Crippen LogP contribution >= 0.6 is 0 Å². The fourth-order valence-electron chi connectivity index (χ4n) is 3.31. The fourth-order valence-corrected chi connectivity index (χ4v) is 3.31. The van der Waals surface area contributed by atoms with E-state index in [9.17, 15) is 4.79 Å². The molecule has 3 N–H and O–H groups in total. The first-order valence-electron chi connectivity index (χ1n) is 8.45. The Morgan fingerprint density at radius 3 is 2.62 bits per heavy atom. The fraction of sp³-hybridized carbons (Fsp3) is 0.421. The molecule has 1 fully saturated rings. The van der Waals surface area contributed by atoms with Crippen LogP contribution in [0.3, 0.4) is 0 Å². The second-order valence-corrected chi connectivity index (χ2v) is 6.52. The average molecular weight is 327 g/mol. The van der Waals surface area contributed by atoms with Crippen LogP contribution < -0.4 is 10.6 Å². The minimum Gasteiger partial charge on any atom is -0.384 e. The van der Waals surface area contributed by atoms with E-state index in [0.29, 0.717) is 18.8 Å². The topological polar surface area (TPSA) is 66.1 Å². The highest BCUT2D eigenvalue weighted by Crippen LogP contribution is 2.28. The predicted molar refractivity (Wildman–Crippen MR) is 95.0 cm³/mol. The summed E-state index contributed by atoms with van der Waals surface area (Å²) in [7, 11) is 1.72. The maximum Gasteiger partial charge on any atom is 0.267 e. The van der Waals surface area contributed by atoms with Crippen molar-refractivity contribution in [1.29, 1.82) is 0 Å². The van der Waals surface area contributed by atoms with Crippen molar-refractivity contribution >= 4 is 5.91 Å². The second-order valence-electron chi connectivity index (χ2n) is 6.52. The Bertz CT molecular complexity index is 655. The number of nitrogens with one attached hydrogen (secondary N) is 3. The molecule has 0 unspecified atom stereocenters. The molecule has 0 atom stereocenters. The Morgan fingerprint density at radius 1 is 1.17 bits per heavy atom. The van der Waals surface area contributed by atoms with Crippen LogP contribution in [0.25, 0.3) is 11.3 Å². The largest absolute Gasteiger partial charge is 0.384 e. The van der Waals surface area contributed by atoms with Crippen LogP contribution in [-0.4, -0.2) is 44.2 Å². The number of hydrogen-bond acceptors (Lipinski definition) is 3. The van der Waals surface area contributed by atoms with Crippen molar-refractivity contribution in [3.63, 3.8) is 0 Å². The Morgan fingerprint density at radius 2 is 1.92 bits per heavy atom. The third-order valence-electron chi connectivity index (χ3n) is 4.75. The summed E-state index contributed by atoms with van der Waals surface area (Å²) in [5.41, 5.74) is 2.65. The molecule has 2 heterocycles. The number of aromatic nitrogens is 1. The number of amides is 1. The average Bonchev–Trinajstić information content (AvgIpc) is 3.12. The maximum absolute atomic E-state index is 12.5. The molecule has 1 aliphatic heterocycles. The lowest BCUT2D eigenvalue weighted by Crippen LogP contribution is -2.47. The number of benzene rings is 1. The molecule has 128 valence electrons. The predicted octanol–water partition coefficient (Wildman–Crippen LogP) is 2.43. The molecule has 5 heteroatoms. The lowest BCUT2D eigenvalue weighted by molar-refractivity contribution is 0.0511. The van der Waals surface area contributed by atoms with Crippen LogP contribution in [0.15, 0.2) is 42.5 Å². The SMILES string of the molecule is COCC1(CNC(=O)c2ccc(-c3ccccc3)[nH]2)CCNCC1. The van der Waals surface area contributed by atoms with Gasteiger partial charge in [0.25, 0.3) is 5.91 Å². The number of rotatable bonds is 6. The summed E-state index contributed by atoms with van der Waals surface area (Å²) in [6.07, 6.45) is 2.03. The zero-order valence-electron chi connectivity index (χ0n) is 14.1. The monoisotopic (exact) mass is 327 g/mol. The molecule has 0 radical (unpaired) electrons. The van der Waals surface area contributed by atoms with E-state index in [1.165, 1.54) is 0 Å². The van der Waals surface area contributed by atoms with Crippen LogP contribution in [-0.2, 0) is 4.74 Å². The minimum atomic E-state index is -0.0637. The van der Waals surface area contributed by atoms with Gasteiger partial charge in [-0.3, -0.25) is 4.79 Å². The van der Waals surface area contributed by atoms with E-state index in [4.69, 9.17) is 4.74 Å². The van der Waals surface area contributed by atoms with Gasteiger partial charge in [-0.1, -0.05) is 30.3 Å². The number of H-pyrrole nitrogens is 1. The van der Waals surface area contributed by atoms with Crippen molar-refractivity contribution in [3.05, 3.63) is 48.2 Å². The Labute approximate surface area is 142 Å². The Hall–Kier alpha value is -2.11. The molecule has 5 nitrogen and oxygen atoms in total. The molecule has 0 aliphatic carbocycles. The quantitative estimate of drug-likeness (QED) is 0.763. The first kappa shape index (κ1) is 16.7. The zero-order chi connectivity index (χ0) is 16.8. The Balaban J connectivity index is 1.63. The van der Waals surface area contributed by atoms with E-state index in [2.05, 4.69) is 15.6 Å². The highest BCUT2D eigenvalue weighted by molar-refractivity contribution is 5.93. The molecule has 24 heavy (non-hydrogen) atoms. The van der Waals surface area contributed by atoms with Crippen LogP contribution in [0.2, 0.25) is 0 Å². The molecule has 2 aromatic rings. The van der Waals surface area contributed by atoms with Crippen molar-refractivity contribution in [2.75, 3.05) is 33.4 Å². The molecule has 1 aliphatic rings. The van der Waals surface area contributed by atoms with Gasteiger partial charge in [-0.05, 0) is 43.6 Å². The molecule has 1 saturated heterocycles. The van der Waals surface area contributed by atoms with Gasteiger partial charge in [0.2, 0.25) is 0 Å². The molecule has 0 saturated carbocycles. The van der Waals surface area contributed by atoms with E-state index < -0.39 is 0 Å². The van der Waals surface area contributed by atoms with Crippen LogP contribution in [0.4, 0.5) is 0 Å². The summed E-state index contributed by atoms with van der Waals surface area (Å²) in [6.45, 7) is 3.26.